The van der Waals surface area contributed by atoms with Crippen LogP contribution in [0.2, 0.25) is 0 Å². The first kappa shape index (κ1) is 27.6. The number of amides is 1. The summed E-state index contributed by atoms with van der Waals surface area (Å²) < 4.78 is 20.1. The fourth-order valence-electron chi connectivity index (χ4n) is 6.57. The molecule has 1 unspecified atom stereocenters. The third-order valence-electron chi connectivity index (χ3n) is 8.55. The molecule has 2 atom stereocenters. The number of ether oxygens (including phenoxy) is 1. The number of anilines is 2. The molecule has 9 nitrogen and oxygen atoms in total. The predicted octanol–water partition coefficient (Wildman–Crippen LogP) is 5.23. The molecule has 2 aromatic heterocycles. The van der Waals surface area contributed by atoms with Crippen LogP contribution in [-0.2, 0) is 29.5 Å². The number of carbonyl (C=O) groups is 1. The highest BCUT2D eigenvalue weighted by molar-refractivity contribution is 6.04. The number of carbonyl (C=O) groups excluding carboxylic acids is 1. The van der Waals surface area contributed by atoms with Gasteiger partial charge in [-0.2, -0.15) is 15.2 Å². The van der Waals surface area contributed by atoms with Crippen LogP contribution in [0.25, 0.3) is 0 Å². The summed E-state index contributed by atoms with van der Waals surface area (Å²) in [6.45, 7) is 4.85. The van der Waals surface area contributed by atoms with Crippen LogP contribution in [0.1, 0.15) is 55.6 Å². The van der Waals surface area contributed by atoms with Crippen LogP contribution in [0.3, 0.4) is 0 Å². The molecule has 4 heterocycles. The SMILES string of the molecule is CCc1ncccc1Oc1nc2c(c(N3CCN(C=C(C)F)[C@@H](CC#N)C3)n1)NC(=O)C1(CCCc3ccccc31)C2. The van der Waals surface area contributed by atoms with Gasteiger partial charge in [0, 0.05) is 38.5 Å². The second kappa shape index (κ2) is 11.4. The number of allylic oxidation sites excluding steroid dienone is 1. The molecule has 3 aromatic rings. The Labute approximate surface area is 245 Å². The lowest BCUT2D eigenvalue weighted by molar-refractivity contribution is -0.122. The molecule has 0 bridgehead atoms. The number of aromatic nitrogens is 3. The summed E-state index contributed by atoms with van der Waals surface area (Å²) in [4.78, 5) is 32.1. The average Bonchev–Trinajstić information content (AvgIpc) is 2.99. The van der Waals surface area contributed by atoms with Gasteiger partial charge in [0.15, 0.2) is 11.6 Å². The Kier molecular flexibility index (Phi) is 7.50. The van der Waals surface area contributed by atoms with Gasteiger partial charge in [-0.25, -0.2) is 4.39 Å². The van der Waals surface area contributed by atoms with Crippen LogP contribution in [0.4, 0.5) is 15.9 Å². The molecule has 216 valence electrons. The van der Waals surface area contributed by atoms with Gasteiger partial charge in [0.25, 0.3) is 0 Å². The molecule has 42 heavy (non-hydrogen) atoms. The van der Waals surface area contributed by atoms with Crippen LogP contribution >= 0.6 is 0 Å². The number of rotatable bonds is 6. The highest BCUT2D eigenvalue weighted by atomic mass is 19.1. The maximum Gasteiger partial charge on any atom is 0.324 e. The van der Waals surface area contributed by atoms with E-state index in [-0.39, 0.29) is 30.2 Å². The lowest BCUT2D eigenvalue weighted by Crippen LogP contribution is -2.52. The van der Waals surface area contributed by atoms with Gasteiger partial charge < -0.3 is 19.9 Å². The quantitative estimate of drug-likeness (QED) is 0.432. The van der Waals surface area contributed by atoms with Gasteiger partial charge in [-0.1, -0.05) is 31.2 Å². The Morgan fingerprint density at radius 3 is 2.93 bits per heavy atom. The zero-order valence-corrected chi connectivity index (χ0v) is 23.9. The molecule has 1 aromatic carbocycles. The van der Waals surface area contributed by atoms with Crippen molar-refractivity contribution in [1.82, 2.24) is 19.9 Å². The van der Waals surface area contributed by atoms with E-state index in [1.807, 2.05) is 41.0 Å². The van der Waals surface area contributed by atoms with Crippen LogP contribution < -0.4 is 15.0 Å². The smallest absolute Gasteiger partial charge is 0.324 e. The summed E-state index contributed by atoms with van der Waals surface area (Å²) in [6, 6.07) is 14.0. The van der Waals surface area contributed by atoms with Crippen molar-refractivity contribution in [2.75, 3.05) is 29.9 Å². The predicted molar refractivity (Wildman–Crippen MR) is 157 cm³/mol. The summed E-state index contributed by atoms with van der Waals surface area (Å²) in [7, 11) is 0. The number of hydrogen-bond acceptors (Lipinski definition) is 8. The Bertz CT molecular complexity index is 1580. The second-order valence-corrected chi connectivity index (χ2v) is 11.2. The summed E-state index contributed by atoms with van der Waals surface area (Å²) in [5.41, 5.74) is 3.61. The largest absolute Gasteiger partial charge is 0.422 e. The lowest BCUT2D eigenvalue weighted by Gasteiger charge is -2.44. The topological polar surface area (TPSA) is 107 Å². The van der Waals surface area contributed by atoms with E-state index in [0.29, 0.717) is 55.4 Å². The average molecular weight is 568 g/mol. The van der Waals surface area contributed by atoms with E-state index in [4.69, 9.17) is 14.7 Å². The summed E-state index contributed by atoms with van der Waals surface area (Å²) >= 11 is 0. The second-order valence-electron chi connectivity index (χ2n) is 11.2. The summed E-state index contributed by atoms with van der Waals surface area (Å²) in [5, 5.41) is 12.7. The van der Waals surface area contributed by atoms with Crippen LogP contribution in [0.15, 0.2) is 54.6 Å². The minimum atomic E-state index is -0.723. The first-order valence-corrected chi connectivity index (χ1v) is 14.6. The molecule has 0 radical (unpaired) electrons. The highest BCUT2D eigenvalue weighted by Crippen LogP contribution is 2.47. The van der Waals surface area contributed by atoms with Gasteiger partial charge >= 0.3 is 6.01 Å². The Morgan fingerprint density at radius 2 is 2.12 bits per heavy atom. The van der Waals surface area contributed by atoms with Crippen LogP contribution in [0.5, 0.6) is 11.8 Å². The molecule has 1 aliphatic carbocycles. The third kappa shape index (κ3) is 5.04. The monoisotopic (exact) mass is 567 g/mol. The normalized spacial score (nSPS) is 21.8. The number of nitrogens with one attached hydrogen (secondary N) is 1. The standard InChI is InChI=1S/C32H34FN7O2/c1-3-25-27(11-7-15-35-25)42-31-36-26-18-32(13-6-9-22-8-4-5-10-24(22)32)30(41)37-28(26)29(38-31)40-17-16-39(19-21(2)33)23(20-40)12-14-34/h4-5,7-8,10-11,15,19,23H,3,6,9,12-13,16-18,20H2,1-2H3,(H,37,41)/t23-,32?/m0/s1. The number of hydrogen-bond donors (Lipinski definition) is 1. The summed E-state index contributed by atoms with van der Waals surface area (Å²) in [6.07, 6.45) is 7.11. The molecule has 6 rings (SSSR count). The van der Waals surface area contributed by atoms with Gasteiger partial charge in [0.05, 0.1) is 35.3 Å². The van der Waals surface area contributed by atoms with E-state index in [2.05, 4.69) is 28.5 Å². The van der Waals surface area contributed by atoms with Crippen molar-refractivity contribution in [2.24, 2.45) is 0 Å². The number of fused-ring (bicyclic) bond motifs is 3. The lowest BCUT2D eigenvalue weighted by atomic mass is 9.65. The van der Waals surface area contributed by atoms with E-state index in [9.17, 15) is 14.4 Å². The van der Waals surface area contributed by atoms with Crippen molar-refractivity contribution in [3.8, 4) is 17.8 Å². The first-order chi connectivity index (χ1) is 20.4. The minimum absolute atomic E-state index is 0.0515. The van der Waals surface area contributed by atoms with Gasteiger partial charge in [-0.05, 0) is 55.9 Å². The van der Waals surface area contributed by atoms with Crippen LogP contribution in [-0.4, -0.2) is 51.4 Å². The van der Waals surface area contributed by atoms with Crippen molar-refractivity contribution in [1.29, 1.82) is 5.26 Å². The zero-order chi connectivity index (χ0) is 29.3. The highest BCUT2D eigenvalue weighted by Gasteiger charge is 2.48. The van der Waals surface area contributed by atoms with Gasteiger partial charge in [0.1, 0.15) is 11.5 Å². The van der Waals surface area contributed by atoms with Gasteiger partial charge in [-0.15, -0.1) is 0 Å². The zero-order valence-electron chi connectivity index (χ0n) is 23.9. The molecule has 1 amide bonds. The molecule has 1 saturated heterocycles. The number of aryl methyl sites for hydroxylation is 2. The number of nitriles is 1. The van der Waals surface area contributed by atoms with Crippen molar-refractivity contribution in [2.45, 2.75) is 63.8 Å². The van der Waals surface area contributed by atoms with Crippen molar-refractivity contribution in [3.63, 3.8) is 0 Å². The molecular formula is C32H34FN7O2. The molecule has 1 fully saturated rings. The first-order valence-electron chi connectivity index (χ1n) is 14.6. The minimum Gasteiger partial charge on any atom is -0.422 e. The van der Waals surface area contributed by atoms with Gasteiger partial charge in [-0.3, -0.25) is 9.78 Å². The van der Waals surface area contributed by atoms with Crippen molar-refractivity contribution < 1.29 is 13.9 Å². The maximum absolute atomic E-state index is 14.0. The Balaban J connectivity index is 1.44. The third-order valence-corrected chi connectivity index (χ3v) is 8.55. The Morgan fingerprint density at radius 1 is 1.26 bits per heavy atom. The van der Waals surface area contributed by atoms with E-state index in [1.54, 1.807) is 6.20 Å². The fraction of sp³-hybridized carbons (Fsp3) is 0.406. The maximum atomic E-state index is 14.0. The summed E-state index contributed by atoms with van der Waals surface area (Å²) in [5.74, 6) is 0.770. The number of pyridine rings is 1. The molecule has 2 aliphatic heterocycles. The number of piperazine rings is 1. The fourth-order valence-corrected chi connectivity index (χ4v) is 6.57. The molecule has 3 aliphatic rings. The molecule has 1 N–H and O–H groups in total. The molecule has 1 spiro atoms. The van der Waals surface area contributed by atoms with E-state index >= 15 is 0 Å². The number of nitrogens with zero attached hydrogens (tertiary/aromatic N) is 6. The molecular weight excluding hydrogens is 533 g/mol. The van der Waals surface area contributed by atoms with Gasteiger partial charge in [0.2, 0.25) is 5.91 Å². The number of halogens is 1. The Hall–Kier alpha value is -4.52. The van der Waals surface area contributed by atoms with Crippen LogP contribution in [0, 0.1) is 11.3 Å². The number of benzene rings is 1. The van der Waals surface area contributed by atoms with E-state index in [1.165, 1.54) is 18.7 Å². The van der Waals surface area contributed by atoms with E-state index in [0.717, 1.165) is 30.5 Å². The van der Waals surface area contributed by atoms with Crippen molar-refractivity contribution >= 4 is 17.4 Å². The molecule has 0 saturated carbocycles. The van der Waals surface area contributed by atoms with Crippen molar-refractivity contribution in [3.05, 3.63) is 77.1 Å². The van der Waals surface area contributed by atoms with E-state index < -0.39 is 5.41 Å². The molecule has 10 heteroatoms.